The highest BCUT2D eigenvalue weighted by Crippen LogP contribution is 2.38. The molecule has 5 rings (SSSR count). The number of hydrogen-bond donors (Lipinski definition) is 3. The molecule has 4 aromatic rings. The standard InChI is InChI=1S/C20H11Cl2N3O2/c21-9-1-3-15-11(5-9)13(7-23-15)17-18(20(27)25-19(17)26)14-8-24-16-4-2-10(22)6-12(14)16/h1-8,23-24H,(H,25,26,27). The van der Waals surface area contributed by atoms with Crippen molar-refractivity contribution in [2.24, 2.45) is 0 Å². The average Bonchev–Trinajstić information content (AvgIpc) is 3.29. The van der Waals surface area contributed by atoms with Gasteiger partial charge >= 0.3 is 0 Å². The molecule has 1 aliphatic rings. The second kappa shape index (κ2) is 5.74. The first-order valence-corrected chi connectivity index (χ1v) is 8.92. The molecular formula is C20H11Cl2N3O2. The number of rotatable bonds is 2. The third-order valence-corrected chi connectivity index (χ3v) is 5.23. The van der Waals surface area contributed by atoms with Crippen LogP contribution in [0.1, 0.15) is 11.1 Å². The largest absolute Gasteiger partial charge is 0.361 e. The van der Waals surface area contributed by atoms with Crippen LogP contribution in [0.4, 0.5) is 0 Å². The van der Waals surface area contributed by atoms with Crippen LogP contribution in [0.3, 0.4) is 0 Å². The Bertz CT molecular complexity index is 1210. The van der Waals surface area contributed by atoms with E-state index in [0.29, 0.717) is 32.3 Å². The summed E-state index contributed by atoms with van der Waals surface area (Å²) in [7, 11) is 0. The minimum Gasteiger partial charge on any atom is -0.361 e. The van der Waals surface area contributed by atoms with E-state index in [1.54, 1.807) is 36.7 Å². The zero-order chi connectivity index (χ0) is 18.7. The first-order valence-electron chi connectivity index (χ1n) is 8.17. The molecule has 0 bridgehead atoms. The van der Waals surface area contributed by atoms with Gasteiger partial charge in [-0.15, -0.1) is 0 Å². The molecule has 2 amide bonds. The van der Waals surface area contributed by atoms with Gasteiger partial charge in [0.25, 0.3) is 11.8 Å². The molecule has 0 saturated heterocycles. The van der Waals surface area contributed by atoms with Crippen molar-refractivity contribution in [2.45, 2.75) is 0 Å². The van der Waals surface area contributed by atoms with Gasteiger partial charge in [0, 0.05) is 55.4 Å². The Hall–Kier alpha value is -3.02. The molecule has 2 aromatic carbocycles. The number of fused-ring (bicyclic) bond motifs is 2. The molecule has 5 nitrogen and oxygen atoms in total. The Balaban J connectivity index is 1.84. The SMILES string of the molecule is O=C1NC(=O)C(c2c[nH]c3ccc(Cl)cc23)=C1c1c[nH]c2ccc(Cl)cc12. The van der Waals surface area contributed by atoms with Crippen LogP contribution >= 0.6 is 23.2 Å². The van der Waals surface area contributed by atoms with Gasteiger partial charge in [-0.25, -0.2) is 0 Å². The van der Waals surface area contributed by atoms with Gasteiger partial charge in [0.1, 0.15) is 0 Å². The maximum Gasteiger partial charge on any atom is 0.259 e. The fourth-order valence-corrected chi connectivity index (χ4v) is 3.91. The predicted molar refractivity (Wildman–Crippen MR) is 107 cm³/mol. The lowest BCUT2D eigenvalue weighted by Gasteiger charge is -2.03. The summed E-state index contributed by atoms with van der Waals surface area (Å²) in [5, 5.41) is 5.06. The third kappa shape index (κ3) is 2.40. The van der Waals surface area contributed by atoms with E-state index in [4.69, 9.17) is 23.2 Å². The summed E-state index contributed by atoms with van der Waals surface area (Å²) < 4.78 is 0. The third-order valence-electron chi connectivity index (χ3n) is 4.76. The predicted octanol–water partition coefficient (Wildman–Crippen LogP) is 4.52. The van der Waals surface area contributed by atoms with Crippen LogP contribution in [-0.2, 0) is 9.59 Å². The zero-order valence-electron chi connectivity index (χ0n) is 13.7. The second-order valence-corrected chi connectivity index (χ2v) is 7.19. The number of imide groups is 1. The Morgan fingerprint density at radius 3 is 1.56 bits per heavy atom. The molecule has 0 radical (unpaired) electrons. The monoisotopic (exact) mass is 395 g/mol. The maximum atomic E-state index is 12.6. The Kier molecular flexibility index (Phi) is 3.44. The molecule has 0 saturated carbocycles. The van der Waals surface area contributed by atoms with Crippen molar-refractivity contribution < 1.29 is 9.59 Å². The summed E-state index contributed by atoms with van der Waals surface area (Å²) in [6, 6.07) is 10.7. The molecule has 0 fully saturated rings. The maximum absolute atomic E-state index is 12.6. The molecule has 27 heavy (non-hydrogen) atoms. The normalized spacial score (nSPS) is 14.6. The van der Waals surface area contributed by atoms with E-state index in [1.165, 1.54) is 0 Å². The van der Waals surface area contributed by atoms with Crippen molar-refractivity contribution in [1.82, 2.24) is 15.3 Å². The van der Waals surface area contributed by atoms with Crippen LogP contribution in [0.5, 0.6) is 0 Å². The molecule has 0 aliphatic carbocycles. The topological polar surface area (TPSA) is 77.8 Å². The number of nitrogens with one attached hydrogen (secondary N) is 3. The van der Waals surface area contributed by atoms with E-state index in [1.807, 2.05) is 12.1 Å². The van der Waals surface area contributed by atoms with Crippen molar-refractivity contribution in [1.29, 1.82) is 0 Å². The molecule has 0 spiro atoms. The Morgan fingerprint density at radius 2 is 1.11 bits per heavy atom. The molecule has 7 heteroatoms. The molecular weight excluding hydrogens is 385 g/mol. The fraction of sp³-hybridized carbons (Fsp3) is 0. The summed E-state index contributed by atoms with van der Waals surface area (Å²) in [5.41, 5.74) is 3.54. The lowest BCUT2D eigenvalue weighted by atomic mass is 9.95. The van der Waals surface area contributed by atoms with Gasteiger partial charge in [-0.3, -0.25) is 14.9 Å². The van der Waals surface area contributed by atoms with Gasteiger partial charge in [-0.1, -0.05) is 23.2 Å². The molecule has 3 heterocycles. The summed E-state index contributed by atoms with van der Waals surface area (Å²) in [5.74, 6) is -0.875. The van der Waals surface area contributed by atoms with Gasteiger partial charge in [0.15, 0.2) is 0 Å². The number of hydrogen-bond acceptors (Lipinski definition) is 2. The summed E-state index contributed by atoms with van der Waals surface area (Å²) in [6.07, 6.45) is 3.44. The quantitative estimate of drug-likeness (QED) is 0.436. The first-order chi connectivity index (χ1) is 13.0. The number of benzene rings is 2. The van der Waals surface area contributed by atoms with Crippen LogP contribution in [0, 0.1) is 0 Å². The molecule has 2 aromatic heterocycles. The van der Waals surface area contributed by atoms with E-state index >= 15 is 0 Å². The summed E-state index contributed by atoms with van der Waals surface area (Å²) in [4.78, 5) is 31.5. The smallest absolute Gasteiger partial charge is 0.259 e. The van der Waals surface area contributed by atoms with E-state index in [-0.39, 0.29) is 0 Å². The van der Waals surface area contributed by atoms with Gasteiger partial charge in [0.05, 0.1) is 11.1 Å². The molecule has 0 unspecified atom stereocenters. The van der Waals surface area contributed by atoms with Crippen molar-refractivity contribution in [3.8, 4) is 0 Å². The lowest BCUT2D eigenvalue weighted by Crippen LogP contribution is -2.22. The molecule has 3 N–H and O–H groups in total. The highest BCUT2D eigenvalue weighted by molar-refractivity contribution is 6.51. The number of aromatic nitrogens is 2. The molecule has 1 aliphatic heterocycles. The van der Waals surface area contributed by atoms with Crippen LogP contribution in [0.25, 0.3) is 33.0 Å². The van der Waals surface area contributed by atoms with Gasteiger partial charge in [-0.05, 0) is 36.4 Å². The van der Waals surface area contributed by atoms with E-state index < -0.39 is 11.8 Å². The molecule has 0 atom stereocenters. The average molecular weight is 396 g/mol. The zero-order valence-corrected chi connectivity index (χ0v) is 15.2. The van der Waals surface area contributed by atoms with E-state index in [2.05, 4.69) is 15.3 Å². The van der Waals surface area contributed by atoms with Crippen molar-refractivity contribution in [2.75, 3.05) is 0 Å². The van der Waals surface area contributed by atoms with Crippen LogP contribution in [-0.4, -0.2) is 21.8 Å². The minimum absolute atomic E-state index is 0.314. The van der Waals surface area contributed by atoms with Gasteiger partial charge < -0.3 is 9.97 Å². The number of amides is 2. The van der Waals surface area contributed by atoms with Gasteiger partial charge in [0.2, 0.25) is 0 Å². The van der Waals surface area contributed by atoms with E-state index in [9.17, 15) is 9.59 Å². The second-order valence-electron chi connectivity index (χ2n) is 6.32. The number of halogens is 2. The fourth-order valence-electron chi connectivity index (χ4n) is 3.57. The lowest BCUT2D eigenvalue weighted by molar-refractivity contribution is -0.122. The van der Waals surface area contributed by atoms with Gasteiger partial charge in [-0.2, -0.15) is 0 Å². The number of aromatic amines is 2. The number of carbonyl (C=O) groups is 2. The summed E-state index contributed by atoms with van der Waals surface area (Å²) in [6.45, 7) is 0. The first kappa shape index (κ1) is 16.2. The highest BCUT2D eigenvalue weighted by Gasteiger charge is 2.34. The van der Waals surface area contributed by atoms with Crippen molar-refractivity contribution in [3.05, 3.63) is 70.0 Å². The van der Waals surface area contributed by atoms with Crippen molar-refractivity contribution in [3.63, 3.8) is 0 Å². The Morgan fingerprint density at radius 1 is 0.667 bits per heavy atom. The number of carbonyl (C=O) groups excluding carboxylic acids is 2. The van der Waals surface area contributed by atoms with Crippen LogP contribution in [0.15, 0.2) is 48.8 Å². The molecule has 132 valence electrons. The van der Waals surface area contributed by atoms with Crippen LogP contribution in [0.2, 0.25) is 10.0 Å². The van der Waals surface area contributed by atoms with E-state index in [0.717, 1.165) is 21.8 Å². The number of H-pyrrole nitrogens is 2. The Labute approximate surface area is 163 Å². The summed E-state index contributed by atoms with van der Waals surface area (Å²) >= 11 is 12.3. The van der Waals surface area contributed by atoms with Crippen molar-refractivity contribution >= 4 is 68.0 Å². The minimum atomic E-state index is -0.438. The highest BCUT2D eigenvalue weighted by atomic mass is 35.5. The van der Waals surface area contributed by atoms with Crippen LogP contribution < -0.4 is 5.32 Å².